The number of thioether (sulfide) groups is 1. The zero-order chi connectivity index (χ0) is 14.1. The summed E-state index contributed by atoms with van der Waals surface area (Å²) in [5.74, 6) is 0.660. The molecule has 2 N–H and O–H groups in total. The van der Waals surface area contributed by atoms with E-state index in [0.29, 0.717) is 5.75 Å². The molecule has 0 saturated heterocycles. The van der Waals surface area contributed by atoms with E-state index in [1.807, 2.05) is 30.7 Å². The normalized spacial score (nSPS) is 11.1. The molecule has 7 heteroatoms. The van der Waals surface area contributed by atoms with Crippen molar-refractivity contribution in [3.05, 3.63) is 18.1 Å². The van der Waals surface area contributed by atoms with E-state index in [9.17, 15) is 4.79 Å². The second kappa shape index (κ2) is 8.58. The predicted molar refractivity (Wildman–Crippen MR) is 75.2 cm³/mol. The smallest absolute Gasteiger partial charge is 0.304 e. The van der Waals surface area contributed by atoms with Crippen molar-refractivity contribution >= 4 is 17.7 Å². The second-order valence-corrected chi connectivity index (χ2v) is 4.90. The number of hydrogen-bond donors (Lipinski definition) is 2. The number of hydrogen-bond acceptors (Lipinski definition) is 5. The summed E-state index contributed by atoms with van der Waals surface area (Å²) in [6.45, 7) is 5.59. The van der Waals surface area contributed by atoms with Crippen LogP contribution >= 0.6 is 11.8 Å². The standard InChI is InChI=1S/C12H20N4O2S/c1-3-7-13-8-5-10-14-15-12(16(10)4-2)19-9-6-11(17)18/h3,7,13H,4-6,8-9H2,1-2H3,(H,17,18)/b7-3-. The average Bonchev–Trinajstić information content (AvgIpc) is 2.76. The van der Waals surface area contributed by atoms with Crippen LogP contribution in [0.5, 0.6) is 0 Å². The van der Waals surface area contributed by atoms with E-state index in [2.05, 4.69) is 15.5 Å². The zero-order valence-corrected chi connectivity index (χ0v) is 12.1. The molecule has 0 aromatic carbocycles. The lowest BCUT2D eigenvalue weighted by atomic mass is 10.4. The molecule has 1 heterocycles. The fourth-order valence-electron chi connectivity index (χ4n) is 1.54. The van der Waals surface area contributed by atoms with E-state index in [-0.39, 0.29) is 6.42 Å². The Morgan fingerprint density at radius 1 is 1.53 bits per heavy atom. The first-order valence-electron chi connectivity index (χ1n) is 6.30. The molecule has 0 spiro atoms. The third-order valence-electron chi connectivity index (χ3n) is 2.43. The van der Waals surface area contributed by atoms with Crippen LogP contribution < -0.4 is 5.32 Å². The van der Waals surface area contributed by atoms with E-state index >= 15 is 0 Å². The minimum atomic E-state index is -0.786. The Kier molecular flexibility index (Phi) is 7.02. The van der Waals surface area contributed by atoms with Crippen LogP contribution in [0.25, 0.3) is 0 Å². The quantitative estimate of drug-likeness (QED) is 0.529. The summed E-state index contributed by atoms with van der Waals surface area (Å²) in [5.41, 5.74) is 0. The van der Waals surface area contributed by atoms with Gasteiger partial charge in [0.2, 0.25) is 0 Å². The molecule has 19 heavy (non-hydrogen) atoms. The third kappa shape index (κ3) is 5.34. The number of carbonyl (C=O) groups is 1. The highest BCUT2D eigenvalue weighted by Gasteiger charge is 2.11. The lowest BCUT2D eigenvalue weighted by Crippen LogP contribution is -2.13. The second-order valence-electron chi connectivity index (χ2n) is 3.84. The van der Waals surface area contributed by atoms with Crippen LogP contribution in [0.4, 0.5) is 0 Å². The van der Waals surface area contributed by atoms with Gasteiger partial charge in [0, 0.05) is 25.3 Å². The molecule has 0 aliphatic rings. The highest BCUT2D eigenvalue weighted by molar-refractivity contribution is 7.99. The summed E-state index contributed by atoms with van der Waals surface area (Å²) in [4.78, 5) is 10.5. The predicted octanol–water partition coefficient (Wildman–Crippen LogP) is 1.53. The minimum Gasteiger partial charge on any atom is -0.481 e. The van der Waals surface area contributed by atoms with Crippen molar-refractivity contribution in [2.24, 2.45) is 0 Å². The summed E-state index contributed by atoms with van der Waals surface area (Å²) < 4.78 is 2.03. The van der Waals surface area contributed by atoms with Crippen LogP contribution in [0.1, 0.15) is 26.1 Å². The van der Waals surface area contributed by atoms with Gasteiger partial charge in [0.1, 0.15) is 5.82 Å². The molecule has 6 nitrogen and oxygen atoms in total. The lowest BCUT2D eigenvalue weighted by Gasteiger charge is -2.06. The van der Waals surface area contributed by atoms with E-state index < -0.39 is 5.97 Å². The third-order valence-corrected chi connectivity index (χ3v) is 3.40. The van der Waals surface area contributed by atoms with Crippen molar-refractivity contribution < 1.29 is 9.90 Å². The van der Waals surface area contributed by atoms with E-state index in [1.54, 1.807) is 0 Å². The fraction of sp³-hybridized carbons (Fsp3) is 0.583. The van der Waals surface area contributed by atoms with Crippen LogP contribution in [0.15, 0.2) is 17.4 Å². The average molecular weight is 284 g/mol. The monoisotopic (exact) mass is 284 g/mol. The number of aliphatic carboxylic acids is 1. The van der Waals surface area contributed by atoms with Gasteiger partial charge in [-0.15, -0.1) is 10.2 Å². The molecule has 0 bridgehead atoms. The highest BCUT2D eigenvalue weighted by Crippen LogP contribution is 2.17. The Morgan fingerprint density at radius 2 is 2.32 bits per heavy atom. The number of aromatic nitrogens is 3. The summed E-state index contributed by atoms with van der Waals surface area (Å²) in [5, 5.41) is 20.9. The van der Waals surface area contributed by atoms with Crippen molar-refractivity contribution in [1.82, 2.24) is 20.1 Å². The summed E-state index contributed by atoms with van der Waals surface area (Å²) in [6.07, 6.45) is 4.77. The lowest BCUT2D eigenvalue weighted by molar-refractivity contribution is -0.136. The van der Waals surface area contributed by atoms with Gasteiger partial charge in [-0.2, -0.15) is 0 Å². The maximum atomic E-state index is 10.5. The molecule has 0 radical (unpaired) electrons. The molecular formula is C12H20N4O2S. The number of carboxylic acid groups (broad SMARTS) is 1. The molecule has 0 aliphatic heterocycles. The van der Waals surface area contributed by atoms with Crippen LogP contribution in [-0.2, 0) is 17.8 Å². The van der Waals surface area contributed by atoms with Gasteiger partial charge in [0.25, 0.3) is 0 Å². The number of rotatable bonds is 9. The molecule has 0 unspecified atom stereocenters. The molecule has 1 aromatic heterocycles. The molecular weight excluding hydrogens is 264 g/mol. The van der Waals surface area contributed by atoms with E-state index in [1.165, 1.54) is 11.8 Å². The van der Waals surface area contributed by atoms with Gasteiger partial charge >= 0.3 is 5.97 Å². The summed E-state index contributed by atoms with van der Waals surface area (Å²) >= 11 is 1.44. The van der Waals surface area contributed by atoms with Gasteiger partial charge in [-0.25, -0.2) is 0 Å². The van der Waals surface area contributed by atoms with E-state index in [0.717, 1.165) is 30.5 Å². The fourth-order valence-corrected chi connectivity index (χ4v) is 2.49. The molecule has 0 aliphatic carbocycles. The number of carboxylic acids is 1. The van der Waals surface area contributed by atoms with Crippen LogP contribution in [0.3, 0.4) is 0 Å². The Balaban J connectivity index is 2.53. The van der Waals surface area contributed by atoms with Gasteiger partial charge in [0.15, 0.2) is 5.16 Å². The largest absolute Gasteiger partial charge is 0.481 e. The first-order valence-corrected chi connectivity index (χ1v) is 7.28. The Bertz CT molecular complexity index is 431. The van der Waals surface area contributed by atoms with Crippen molar-refractivity contribution in [3.63, 3.8) is 0 Å². The first kappa shape index (κ1) is 15.6. The van der Waals surface area contributed by atoms with Gasteiger partial charge in [-0.05, 0) is 20.0 Å². The molecule has 1 rings (SSSR count). The number of nitrogens with zero attached hydrogens (tertiary/aromatic N) is 3. The number of allylic oxidation sites excluding steroid dienone is 1. The SMILES string of the molecule is C/C=C\NCCc1nnc(SCCC(=O)O)n1CC. The maximum absolute atomic E-state index is 10.5. The van der Waals surface area contributed by atoms with Crippen LogP contribution in [-0.4, -0.2) is 38.1 Å². The van der Waals surface area contributed by atoms with Gasteiger partial charge in [0.05, 0.1) is 6.42 Å². The summed E-state index contributed by atoms with van der Waals surface area (Å²) in [7, 11) is 0. The van der Waals surface area contributed by atoms with Gasteiger partial charge in [-0.3, -0.25) is 4.79 Å². The Hall–Kier alpha value is -1.50. The summed E-state index contributed by atoms with van der Waals surface area (Å²) in [6, 6.07) is 0. The molecule has 1 aromatic rings. The van der Waals surface area contributed by atoms with Gasteiger partial charge < -0.3 is 15.0 Å². The Morgan fingerprint density at radius 3 is 2.95 bits per heavy atom. The van der Waals surface area contributed by atoms with E-state index in [4.69, 9.17) is 5.11 Å². The molecule has 0 atom stereocenters. The van der Waals surface area contributed by atoms with Gasteiger partial charge in [-0.1, -0.05) is 17.8 Å². The molecule has 0 saturated carbocycles. The topological polar surface area (TPSA) is 80.0 Å². The van der Waals surface area contributed by atoms with Crippen LogP contribution in [0, 0.1) is 0 Å². The minimum absolute atomic E-state index is 0.138. The van der Waals surface area contributed by atoms with Crippen molar-refractivity contribution in [3.8, 4) is 0 Å². The highest BCUT2D eigenvalue weighted by atomic mass is 32.2. The molecule has 0 amide bonds. The maximum Gasteiger partial charge on any atom is 0.304 e. The zero-order valence-electron chi connectivity index (χ0n) is 11.3. The first-order chi connectivity index (χ1) is 9.19. The van der Waals surface area contributed by atoms with Crippen molar-refractivity contribution in [1.29, 1.82) is 0 Å². The van der Waals surface area contributed by atoms with Crippen LogP contribution in [0.2, 0.25) is 0 Å². The van der Waals surface area contributed by atoms with Crippen molar-refractivity contribution in [2.75, 3.05) is 12.3 Å². The Labute approximate surface area is 117 Å². The molecule has 0 fully saturated rings. The van der Waals surface area contributed by atoms with Crippen molar-refractivity contribution in [2.45, 2.75) is 38.4 Å². The number of nitrogens with one attached hydrogen (secondary N) is 1. The molecule has 106 valence electrons.